The molecule has 2 N–H and O–H groups in total. The molecule has 0 atom stereocenters. The van der Waals surface area contributed by atoms with Crippen LogP contribution >= 0.6 is 11.8 Å². The fourth-order valence-corrected chi connectivity index (χ4v) is 3.51. The minimum atomic E-state index is 0.491. The van der Waals surface area contributed by atoms with E-state index in [0.29, 0.717) is 6.04 Å². The maximum Gasteiger partial charge on any atom is 0.191 e. The van der Waals surface area contributed by atoms with Crippen molar-refractivity contribution in [3.8, 4) is 0 Å². The number of anilines is 1. The first kappa shape index (κ1) is 19.9. The SMILES string of the molecule is CCNC(=NCCCCSC)NC1CCN(c2cccc(C)n2)CC1. The Morgan fingerprint density at radius 2 is 2.12 bits per heavy atom. The van der Waals surface area contributed by atoms with Gasteiger partial charge in [0.25, 0.3) is 0 Å². The van der Waals surface area contributed by atoms with Crippen molar-refractivity contribution in [2.45, 2.75) is 45.6 Å². The molecule has 2 heterocycles. The molecule has 1 aliphatic heterocycles. The zero-order chi connectivity index (χ0) is 17.9. The van der Waals surface area contributed by atoms with Gasteiger partial charge in [-0.2, -0.15) is 11.8 Å². The van der Waals surface area contributed by atoms with Crippen LogP contribution in [0.3, 0.4) is 0 Å². The molecule has 0 radical (unpaired) electrons. The van der Waals surface area contributed by atoms with E-state index in [9.17, 15) is 0 Å². The highest BCUT2D eigenvalue weighted by atomic mass is 32.2. The summed E-state index contributed by atoms with van der Waals surface area (Å²) in [6, 6.07) is 6.75. The highest BCUT2D eigenvalue weighted by Crippen LogP contribution is 2.18. The van der Waals surface area contributed by atoms with Gasteiger partial charge in [0.15, 0.2) is 5.96 Å². The van der Waals surface area contributed by atoms with E-state index in [1.807, 2.05) is 11.8 Å². The van der Waals surface area contributed by atoms with E-state index < -0.39 is 0 Å². The van der Waals surface area contributed by atoms with Crippen molar-refractivity contribution in [3.05, 3.63) is 23.9 Å². The largest absolute Gasteiger partial charge is 0.357 e. The first-order valence-electron chi connectivity index (χ1n) is 9.45. The zero-order valence-electron chi connectivity index (χ0n) is 15.9. The van der Waals surface area contributed by atoms with Gasteiger partial charge in [-0.15, -0.1) is 0 Å². The number of thioether (sulfide) groups is 1. The van der Waals surface area contributed by atoms with E-state index in [2.05, 4.69) is 58.8 Å². The Kier molecular flexibility index (Phi) is 8.94. The third-order valence-corrected chi connectivity index (χ3v) is 5.10. The van der Waals surface area contributed by atoms with Gasteiger partial charge in [-0.05, 0) is 63.7 Å². The molecule has 0 aromatic carbocycles. The van der Waals surface area contributed by atoms with Crippen LogP contribution in [0.1, 0.15) is 38.3 Å². The summed E-state index contributed by atoms with van der Waals surface area (Å²) in [5, 5.41) is 7.00. The fraction of sp³-hybridized carbons (Fsp3) is 0.684. The second-order valence-corrected chi connectivity index (χ2v) is 7.49. The predicted molar refractivity (Wildman–Crippen MR) is 111 cm³/mol. The van der Waals surface area contributed by atoms with Gasteiger partial charge in [-0.25, -0.2) is 4.98 Å². The lowest BCUT2D eigenvalue weighted by Crippen LogP contribution is -2.49. The number of nitrogens with zero attached hydrogens (tertiary/aromatic N) is 3. The summed E-state index contributed by atoms with van der Waals surface area (Å²) < 4.78 is 0. The topological polar surface area (TPSA) is 52.6 Å². The summed E-state index contributed by atoms with van der Waals surface area (Å²) >= 11 is 1.91. The minimum absolute atomic E-state index is 0.491. The van der Waals surface area contributed by atoms with E-state index in [1.165, 1.54) is 12.2 Å². The van der Waals surface area contributed by atoms with Crippen molar-refractivity contribution in [1.29, 1.82) is 0 Å². The van der Waals surface area contributed by atoms with E-state index in [4.69, 9.17) is 4.99 Å². The number of unbranched alkanes of at least 4 members (excludes halogenated alkanes) is 1. The molecule has 5 nitrogen and oxygen atoms in total. The van der Waals surface area contributed by atoms with Gasteiger partial charge in [0.05, 0.1) is 0 Å². The Morgan fingerprint density at radius 1 is 1.32 bits per heavy atom. The lowest BCUT2D eigenvalue weighted by Gasteiger charge is -2.34. The Hall–Kier alpha value is -1.43. The molecule has 140 valence electrons. The van der Waals surface area contributed by atoms with Gasteiger partial charge in [0.2, 0.25) is 0 Å². The number of guanidine groups is 1. The summed E-state index contributed by atoms with van der Waals surface area (Å²) in [4.78, 5) is 11.8. The number of aliphatic imine (C=N–C) groups is 1. The number of piperidine rings is 1. The third kappa shape index (κ3) is 7.14. The number of aryl methyl sites for hydroxylation is 1. The molecule has 1 fully saturated rings. The number of pyridine rings is 1. The molecule has 0 aliphatic carbocycles. The van der Waals surface area contributed by atoms with Gasteiger partial charge >= 0.3 is 0 Å². The van der Waals surface area contributed by atoms with Crippen LogP contribution in [0.4, 0.5) is 5.82 Å². The number of hydrogen-bond donors (Lipinski definition) is 2. The van der Waals surface area contributed by atoms with Gasteiger partial charge in [-0.1, -0.05) is 6.07 Å². The summed E-state index contributed by atoms with van der Waals surface area (Å²) in [5.74, 6) is 3.30. The summed E-state index contributed by atoms with van der Waals surface area (Å²) in [7, 11) is 0. The molecule has 0 unspecified atom stereocenters. The zero-order valence-corrected chi connectivity index (χ0v) is 16.7. The van der Waals surface area contributed by atoms with Gasteiger partial charge in [0.1, 0.15) is 5.82 Å². The second-order valence-electron chi connectivity index (χ2n) is 6.50. The van der Waals surface area contributed by atoms with Crippen LogP contribution in [-0.2, 0) is 0 Å². The average Bonchev–Trinajstić information content (AvgIpc) is 2.62. The highest BCUT2D eigenvalue weighted by Gasteiger charge is 2.20. The number of rotatable bonds is 8. The van der Waals surface area contributed by atoms with E-state index in [1.54, 1.807) is 0 Å². The summed E-state index contributed by atoms with van der Waals surface area (Å²) in [5.41, 5.74) is 1.08. The molecule has 1 aliphatic rings. The molecule has 6 heteroatoms. The van der Waals surface area contributed by atoms with Gasteiger partial charge in [0, 0.05) is 37.9 Å². The number of hydrogen-bond acceptors (Lipinski definition) is 4. The molecule has 0 saturated carbocycles. The van der Waals surface area contributed by atoms with Crippen LogP contribution < -0.4 is 15.5 Å². The van der Waals surface area contributed by atoms with Crippen molar-refractivity contribution in [1.82, 2.24) is 15.6 Å². The maximum atomic E-state index is 4.73. The van der Waals surface area contributed by atoms with Crippen molar-refractivity contribution >= 4 is 23.5 Å². The minimum Gasteiger partial charge on any atom is -0.357 e. The molecule has 1 saturated heterocycles. The molecular formula is C19H33N5S. The van der Waals surface area contributed by atoms with Crippen LogP contribution in [0, 0.1) is 6.92 Å². The van der Waals surface area contributed by atoms with Crippen LogP contribution in [0.2, 0.25) is 0 Å². The smallest absolute Gasteiger partial charge is 0.191 e. The van der Waals surface area contributed by atoms with Crippen molar-refractivity contribution in [2.24, 2.45) is 4.99 Å². The van der Waals surface area contributed by atoms with Crippen LogP contribution in [0.25, 0.3) is 0 Å². The van der Waals surface area contributed by atoms with Crippen LogP contribution in [0.5, 0.6) is 0 Å². The number of aromatic nitrogens is 1. The molecule has 25 heavy (non-hydrogen) atoms. The van der Waals surface area contributed by atoms with Crippen molar-refractivity contribution in [2.75, 3.05) is 43.1 Å². The Labute approximate surface area is 157 Å². The van der Waals surface area contributed by atoms with E-state index in [-0.39, 0.29) is 0 Å². The van der Waals surface area contributed by atoms with Crippen molar-refractivity contribution < 1.29 is 0 Å². The fourth-order valence-electron chi connectivity index (χ4n) is 3.02. The molecule has 0 spiro atoms. The van der Waals surface area contributed by atoms with Crippen LogP contribution in [0.15, 0.2) is 23.2 Å². The summed E-state index contributed by atoms with van der Waals surface area (Å²) in [6.07, 6.45) is 6.80. The lowest BCUT2D eigenvalue weighted by molar-refractivity contribution is 0.459. The molecule has 0 bridgehead atoms. The molecule has 1 aromatic rings. The van der Waals surface area contributed by atoms with Gasteiger partial charge in [-0.3, -0.25) is 4.99 Å². The van der Waals surface area contributed by atoms with E-state index >= 15 is 0 Å². The normalized spacial score (nSPS) is 16.1. The Bertz CT molecular complexity index is 526. The molecule has 2 rings (SSSR count). The molecule has 1 aromatic heterocycles. The second kappa shape index (κ2) is 11.2. The standard InChI is InChI=1S/C19H33N5S/c1-4-20-19(21-12-5-6-15-25-3)23-17-10-13-24(14-11-17)18-9-7-8-16(2)22-18/h7-9,17H,4-6,10-15H2,1-3H3,(H2,20,21,23). The monoisotopic (exact) mass is 363 g/mol. The average molecular weight is 364 g/mol. The van der Waals surface area contributed by atoms with Gasteiger partial charge < -0.3 is 15.5 Å². The van der Waals surface area contributed by atoms with Crippen molar-refractivity contribution in [3.63, 3.8) is 0 Å². The molecular weight excluding hydrogens is 330 g/mol. The maximum absolute atomic E-state index is 4.73. The van der Waals surface area contributed by atoms with E-state index in [0.717, 1.165) is 62.9 Å². The first-order valence-corrected chi connectivity index (χ1v) is 10.8. The Morgan fingerprint density at radius 3 is 2.80 bits per heavy atom. The quantitative estimate of drug-likeness (QED) is 0.422. The summed E-state index contributed by atoms with van der Waals surface area (Å²) in [6.45, 7) is 8.07. The van der Waals surface area contributed by atoms with Crippen LogP contribution in [-0.4, -0.2) is 55.2 Å². The highest BCUT2D eigenvalue weighted by molar-refractivity contribution is 7.98. The first-order chi connectivity index (χ1) is 12.2. The number of nitrogens with one attached hydrogen (secondary N) is 2. The third-order valence-electron chi connectivity index (χ3n) is 4.40. The Balaban J connectivity index is 1.78. The lowest BCUT2D eigenvalue weighted by atomic mass is 10.1. The predicted octanol–water partition coefficient (Wildman–Crippen LogP) is 3.06. The molecule has 0 amide bonds.